The Morgan fingerprint density at radius 1 is 1.06 bits per heavy atom. The van der Waals surface area contributed by atoms with Gasteiger partial charge in [-0.15, -0.1) is 0 Å². The van der Waals surface area contributed by atoms with Gasteiger partial charge in [0.25, 0.3) is 15.9 Å². The third kappa shape index (κ3) is 5.21. The molecule has 0 bridgehead atoms. The number of anilines is 1. The average Bonchev–Trinajstić information content (AvgIpc) is 2.86. The Morgan fingerprint density at radius 2 is 1.74 bits per heavy atom. The lowest BCUT2D eigenvalue weighted by Gasteiger charge is -2.34. The normalized spacial score (nSPS) is 15.1. The number of hydrogen-bond acceptors (Lipinski definition) is 6. The summed E-state index contributed by atoms with van der Waals surface area (Å²) in [6.45, 7) is 0.272. The van der Waals surface area contributed by atoms with Gasteiger partial charge in [0, 0.05) is 5.02 Å². The van der Waals surface area contributed by atoms with Crippen LogP contribution in [0.3, 0.4) is 0 Å². The van der Waals surface area contributed by atoms with Crippen molar-refractivity contribution in [3.8, 4) is 17.2 Å². The summed E-state index contributed by atoms with van der Waals surface area (Å²) in [7, 11) is -2.44. The SMILES string of the molecule is COc1ccc(S(=O)(=O)N2C[C@@H](C(=O)NCCOc3ccc(Cl)cc3)Oc3ccccc32)cc1. The number of sulfonamides is 1. The number of rotatable bonds is 8. The van der Waals surface area contributed by atoms with Crippen molar-refractivity contribution in [2.24, 2.45) is 0 Å². The van der Waals surface area contributed by atoms with Crippen LogP contribution in [0.15, 0.2) is 77.7 Å². The van der Waals surface area contributed by atoms with E-state index >= 15 is 0 Å². The molecule has 1 aliphatic heterocycles. The van der Waals surface area contributed by atoms with Crippen molar-refractivity contribution in [3.63, 3.8) is 0 Å². The van der Waals surface area contributed by atoms with Crippen LogP contribution in [0.1, 0.15) is 0 Å². The van der Waals surface area contributed by atoms with E-state index in [-0.39, 0.29) is 24.6 Å². The summed E-state index contributed by atoms with van der Waals surface area (Å²) in [5.41, 5.74) is 0.369. The molecule has 34 heavy (non-hydrogen) atoms. The minimum absolute atomic E-state index is 0.0838. The number of ether oxygens (including phenoxy) is 3. The predicted molar refractivity (Wildman–Crippen MR) is 128 cm³/mol. The molecule has 3 aromatic rings. The highest BCUT2D eigenvalue weighted by atomic mass is 35.5. The van der Waals surface area contributed by atoms with E-state index in [1.54, 1.807) is 60.7 Å². The summed E-state index contributed by atoms with van der Waals surface area (Å²) < 4.78 is 44.6. The third-order valence-electron chi connectivity index (χ3n) is 5.16. The van der Waals surface area contributed by atoms with Crippen molar-refractivity contribution in [3.05, 3.63) is 77.8 Å². The molecule has 0 unspecified atom stereocenters. The predicted octanol–water partition coefficient (Wildman–Crippen LogP) is 3.50. The molecule has 0 spiro atoms. The zero-order valence-electron chi connectivity index (χ0n) is 18.3. The molecule has 0 fully saturated rings. The minimum atomic E-state index is -3.95. The van der Waals surface area contributed by atoms with Crippen molar-refractivity contribution < 1.29 is 27.4 Å². The highest BCUT2D eigenvalue weighted by Crippen LogP contribution is 2.37. The lowest BCUT2D eigenvalue weighted by Crippen LogP contribution is -2.51. The summed E-state index contributed by atoms with van der Waals surface area (Å²) in [5, 5.41) is 3.34. The van der Waals surface area contributed by atoms with Crippen molar-refractivity contribution in [1.29, 1.82) is 0 Å². The van der Waals surface area contributed by atoms with Gasteiger partial charge in [-0.3, -0.25) is 9.10 Å². The zero-order chi connectivity index (χ0) is 24.1. The lowest BCUT2D eigenvalue weighted by molar-refractivity contribution is -0.127. The maximum atomic E-state index is 13.4. The number of methoxy groups -OCH3 is 1. The fourth-order valence-corrected chi connectivity index (χ4v) is 5.03. The fourth-order valence-electron chi connectivity index (χ4n) is 3.43. The van der Waals surface area contributed by atoms with E-state index in [0.717, 1.165) is 0 Å². The van der Waals surface area contributed by atoms with Crippen LogP contribution in [0.25, 0.3) is 0 Å². The summed E-state index contributed by atoms with van der Waals surface area (Å²) >= 11 is 5.85. The van der Waals surface area contributed by atoms with E-state index in [4.69, 9.17) is 25.8 Å². The monoisotopic (exact) mass is 502 g/mol. The molecule has 1 heterocycles. The molecule has 1 N–H and O–H groups in total. The second-order valence-corrected chi connectivity index (χ2v) is 9.68. The van der Waals surface area contributed by atoms with Crippen LogP contribution < -0.4 is 23.8 Å². The molecule has 0 saturated heterocycles. The van der Waals surface area contributed by atoms with Gasteiger partial charge in [-0.2, -0.15) is 0 Å². The Morgan fingerprint density at radius 3 is 2.44 bits per heavy atom. The molecule has 178 valence electrons. The van der Waals surface area contributed by atoms with Gasteiger partial charge >= 0.3 is 0 Å². The number of amides is 1. The highest BCUT2D eigenvalue weighted by Gasteiger charge is 2.37. The maximum absolute atomic E-state index is 13.4. The van der Waals surface area contributed by atoms with E-state index < -0.39 is 22.0 Å². The van der Waals surface area contributed by atoms with Crippen LogP contribution in [0.4, 0.5) is 5.69 Å². The largest absolute Gasteiger partial charge is 0.497 e. The van der Waals surface area contributed by atoms with Crippen LogP contribution in [-0.4, -0.2) is 47.2 Å². The molecule has 1 atom stereocenters. The molecule has 0 aromatic heterocycles. The number of carbonyl (C=O) groups is 1. The van der Waals surface area contributed by atoms with Crippen LogP contribution in [0, 0.1) is 0 Å². The van der Waals surface area contributed by atoms with E-state index in [0.29, 0.717) is 28.0 Å². The standard InChI is InChI=1S/C24H23ClN2O6S/c1-31-18-10-12-20(13-11-18)34(29,30)27-16-23(33-22-5-3-2-4-21(22)27)24(28)26-14-15-32-19-8-6-17(25)7-9-19/h2-13,23H,14-16H2,1H3,(H,26,28)/t23-/m0/s1. The van der Waals surface area contributed by atoms with Gasteiger partial charge in [0.05, 0.1) is 30.8 Å². The first-order chi connectivity index (χ1) is 16.4. The number of carbonyl (C=O) groups excluding carboxylic acids is 1. The van der Waals surface area contributed by atoms with Crippen molar-refractivity contribution in [2.75, 3.05) is 31.1 Å². The summed E-state index contributed by atoms with van der Waals surface area (Å²) in [6.07, 6.45) is -1.03. The first kappa shape index (κ1) is 23.7. The second-order valence-electron chi connectivity index (χ2n) is 7.38. The molecular formula is C24H23ClN2O6S. The van der Waals surface area contributed by atoms with Gasteiger partial charge in [-0.05, 0) is 60.7 Å². The van der Waals surface area contributed by atoms with Crippen LogP contribution >= 0.6 is 11.6 Å². The van der Waals surface area contributed by atoms with Crippen LogP contribution in [0.5, 0.6) is 17.2 Å². The molecular weight excluding hydrogens is 480 g/mol. The summed E-state index contributed by atoms with van der Waals surface area (Å²) in [5.74, 6) is 1.03. The molecule has 1 amide bonds. The summed E-state index contributed by atoms with van der Waals surface area (Å²) in [4.78, 5) is 12.9. The van der Waals surface area contributed by atoms with E-state index in [1.165, 1.54) is 23.5 Å². The topological polar surface area (TPSA) is 94.2 Å². The van der Waals surface area contributed by atoms with Gasteiger partial charge in [0.1, 0.15) is 23.9 Å². The van der Waals surface area contributed by atoms with Crippen molar-refractivity contribution in [1.82, 2.24) is 5.32 Å². The number of halogens is 1. The third-order valence-corrected chi connectivity index (χ3v) is 7.20. The van der Waals surface area contributed by atoms with Gasteiger partial charge in [-0.25, -0.2) is 8.42 Å². The molecule has 0 radical (unpaired) electrons. The number of benzene rings is 3. The molecule has 0 aliphatic carbocycles. The molecule has 4 rings (SSSR count). The average molecular weight is 503 g/mol. The van der Waals surface area contributed by atoms with Gasteiger partial charge in [-0.1, -0.05) is 23.7 Å². The Hall–Kier alpha value is -3.43. The smallest absolute Gasteiger partial charge is 0.264 e. The van der Waals surface area contributed by atoms with Crippen molar-refractivity contribution in [2.45, 2.75) is 11.0 Å². The number of nitrogens with one attached hydrogen (secondary N) is 1. The highest BCUT2D eigenvalue weighted by molar-refractivity contribution is 7.92. The first-order valence-electron chi connectivity index (χ1n) is 10.5. The van der Waals surface area contributed by atoms with E-state index in [9.17, 15) is 13.2 Å². The Labute approximate surface area is 203 Å². The number of para-hydroxylation sites is 2. The Bertz CT molecular complexity index is 1250. The van der Waals surface area contributed by atoms with Crippen LogP contribution in [0.2, 0.25) is 5.02 Å². The maximum Gasteiger partial charge on any atom is 0.264 e. The molecule has 0 saturated carbocycles. The second kappa shape index (κ2) is 10.2. The Balaban J connectivity index is 1.46. The summed E-state index contributed by atoms with van der Waals surface area (Å²) in [6, 6.07) is 19.7. The van der Waals surface area contributed by atoms with Gasteiger partial charge in [0.2, 0.25) is 0 Å². The molecule has 3 aromatic carbocycles. The molecule has 1 aliphatic rings. The number of nitrogens with zero attached hydrogens (tertiary/aromatic N) is 1. The fraction of sp³-hybridized carbons (Fsp3) is 0.208. The molecule has 8 nitrogen and oxygen atoms in total. The zero-order valence-corrected chi connectivity index (χ0v) is 19.9. The van der Waals surface area contributed by atoms with E-state index in [1.807, 2.05) is 0 Å². The van der Waals surface area contributed by atoms with Gasteiger partial charge < -0.3 is 19.5 Å². The van der Waals surface area contributed by atoms with Gasteiger partial charge in [0.15, 0.2) is 6.10 Å². The quantitative estimate of drug-likeness (QED) is 0.474. The minimum Gasteiger partial charge on any atom is -0.497 e. The first-order valence-corrected chi connectivity index (χ1v) is 12.3. The number of hydrogen-bond donors (Lipinski definition) is 1. The lowest BCUT2D eigenvalue weighted by atomic mass is 10.2. The van der Waals surface area contributed by atoms with Crippen LogP contribution in [-0.2, 0) is 14.8 Å². The number of fused-ring (bicyclic) bond motifs is 1. The molecule has 10 heteroatoms. The van der Waals surface area contributed by atoms with E-state index in [2.05, 4.69) is 5.32 Å². The Kier molecular flexibility index (Phi) is 7.14. The van der Waals surface area contributed by atoms with Crippen molar-refractivity contribution >= 4 is 33.2 Å².